The van der Waals surface area contributed by atoms with Gasteiger partial charge < -0.3 is 15.5 Å². The van der Waals surface area contributed by atoms with Crippen molar-refractivity contribution in [1.82, 2.24) is 30.5 Å². The molecule has 1 aliphatic rings. The first-order valence-electron chi connectivity index (χ1n) is 7.89. The number of piperazine rings is 1. The second kappa shape index (κ2) is 6.63. The predicted molar refractivity (Wildman–Crippen MR) is 92.2 cm³/mol. The molecule has 4 rings (SSSR count). The van der Waals surface area contributed by atoms with Crippen molar-refractivity contribution in [3.8, 4) is 11.1 Å². The molecule has 0 spiro atoms. The van der Waals surface area contributed by atoms with Crippen LogP contribution in [0.3, 0.4) is 0 Å². The van der Waals surface area contributed by atoms with Crippen molar-refractivity contribution >= 4 is 17.6 Å². The Morgan fingerprint density at radius 2 is 1.83 bits per heavy atom. The molecule has 1 aromatic carbocycles. The van der Waals surface area contributed by atoms with E-state index < -0.39 is 0 Å². The molecule has 0 radical (unpaired) electrons. The average Bonchev–Trinajstić information content (AvgIpc) is 3.18. The zero-order valence-corrected chi connectivity index (χ0v) is 13.1. The summed E-state index contributed by atoms with van der Waals surface area (Å²) in [6, 6.07) is 8.06. The lowest BCUT2D eigenvalue weighted by Gasteiger charge is -2.27. The molecule has 0 unspecified atom stereocenters. The summed E-state index contributed by atoms with van der Waals surface area (Å²) in [5.74, 6) is 1.26. The van der Waals surface area contributed by atoms with E-state index in [2.05, 4.69) is 40.7 Å². The molecule has 3 N–H and O–H groups in total. The minimum atomic E-state index is 0.551. The Morgan fingerprint density at radius 3 is 2.58 bits per heavy atom. The minimum Gasteiger partial charge on any atom is -0.338 e. The molecular weight excluding hydrogens is 304 g/mol. The third kappa shape index (κ3) is 3.18. The number of hydrogen-bond acceptors (Lipinski definition) is 7. The zero-order chi connectivity index (χ0) is 16.2. The first-order chi connectivity index (χ1) is 11.9. The maximum atomic E-state index is 4.51. The van der Waals surface area contributed by atoms with Gasteiger partial charge in [-0.25, -0.2) is 9.97 Å². The van der Waals surface area contributed by atoms with Crippen LogP contribution in [-0.2, 0) is 0 Å². The largest absolute Gasteiger partial charge is 0.338 e. The molecule has 24 heavy (non-hydrogen) atoms. The maximum absolute atomic E-state index is 4.51. The van der Waals surface area contributed by atoms with Crippen molar-refractivity contribution in [2.75, 3.05) is 36.4 Å². The van der Waals surface area contributed by atoms with Gasteiger partial charge in [0.1, 0.15) is 6.33 Å². The summed E-state index contributed by atoms with van der Waals surface area (Å²) in [7, 11) is 0. The Labute approximate surface area is 139 Å². The Balaban J connectivity index is 1.48. The van der Waals surface area contributed by atoms with Gasteiger partial charge in [-0.2, -0.15) is 10.1 Å². The lowest BCUT2D eigenvalue weighted by Crippen LogP contribution is -2.44. The summed E-state index contributed by atoms with van der Waals surface area (Å²) in [6.45, 7) is 3.71. The first-order valence-corrected chi connectivity index (χ1v) is 7.89. The van der Waals surface area contributed by atoms with Crippen LogP contribution in [0.15, 0.2) is 43.0 Å². The number of hydrogen-bond donors (Lipinski definition) is 3. The highest BCUT2D eigenvalue weighted by atomic mass is 15.3. The van der Waals surface area contributed by atoms with Crippen molar-refractivity contribution in [3.05, 3.63) is 43.0 Å². The highest BCUT2D eigenvalue weighted by Gasteiger charge is 2.13. The van der Waals surface area contributed by atoms with E-state index in [0.29, 0.717) is 11.9 Å². The van der Waals surface area contributed by atoms with E-state index in [1.807, 2.05) is 30.5 Å². The molecule has 0 saturated carbocycles. The standard InChI is InChI=1S/C16H18N8/c1-3-14(4-2-12(1)13-9-20-21-10-13)22-15-18-11-19-16(23-15)24-7-5-17-6-8-24/h1-4,9-11,17H,5-8H2,(H,20,21)(H,18,19,22,23). The van der Waals surface area contributed by atoms with Gasteiger partial charge in [0.25, 0.3) is 0 Å². The monoisotopic (exact) mass is 322 g/mol. The molecule has 8 nitrogen and oxygen atoms in total. The Bertz CT molecular complexity index is 778. The number of rotatable bonds is 4. The Kier molecular flexibility index (Phi) is 4.03. The van der Waals surface area contributed by atoms with Crippen molar-refractivity contribution in [2.45, 2.75) is 0 Å². The van der Waals surface area contributed by atoms with Crippen LogP contribution in [0.5, 0.6) is 0 Å². The van der Waals surface area contributed by atoms with Gasteiger partial charge in [-0.3, -0.25) is 5.10 Å². The van der Waals surface area contributed by atoms with Crippen molar-refractivity contribution in [2.24, 2.45) is 0 Å². The van der Waals surface area contributed by atoms with Crippen LogP contribution in [0.4, 0.5) is 17.6 Å². The van der Waals surface area contributed by atoms with Gasteiger partial charge in [0, 0.05) is 43.6 Å². The Morgan fingerprint density at radius 1 is 1.00 bits per heavy atom. The third-order valence-corrected chi connectivity index (χ3v) is 3.93. The summed E-state index contributed by atoms with van der Waals surface area (Å²) >= 11 is 0. The second-order valence-corrected chi connectivity index (χ2v) is 5.54. The van der Waals surface area contributed by atoms with Gasteiger partial charge >= 0.3 is 0 Å². The van der Waals surface area contributed by atoms with Gasteiger partial charge in [-0.15, -0.1) is 0 Å². The normalized spacial score (nSPS) is 14.6. The van der Waals surface area contributed by atoms with Gasteiger partial charge in [0.2, 0.25) is 11.9 Å². The summed E-state index contributed by atoms with van der Waals surface area (Å²) in [5.41, 5.74) is 3.09. The molecule has 2 aromatic heterocycles. The molecule has 0 bridgehead atoms. The van der Waals surface area contributed by atoms with E-state index >= 15 is 0 Å². The molecule has 1 saturated heterocycles. The number of nitrogens with one attached hydrogen (secondary N) is 3. The maximum Gasteiger partial charge on any atom is 0.231 e. The molecule has 1 aliphatic heterocycles. The average molecular weight is 322 g/mol. The number of aromatic amines is 1. The third-order valence-electron chi connectivity index (χ3n) is 3.93. The van der Waals surface area contributed by atoms with Gasteiger partial charge in [0.15, 0.2) is 0 Å². The van der Waals surface area contributed by atoms with Crippen LogP contribution in [-0.4, -0.2) is 51.3 Å². The van der Waals surface area contributed by atoms with E-state index in [9.17, 15) is 0 Å². The predicted octanol–water partition coefficient (Wildman–Crippen LogP) is 1.41. The second-order valence-electron chi connectivity index (χ2n) is 5.54. The number of aromatic nitrogens is 5. The number of benzene rings is 1. The molecule has 0 atom stereocenters. The van der Waals surface area contributed by atoms with Crippen molar-refractivity contribution < 1.29 is 0 Å². The van der Waals surface area contributed by atoms with Crippen LogP contribution in [0.2, 0.25) is 0 Å². The van der Waals surface area contributed by atoms with Gasteiger partial charge in [-0.05, 0) is 17.7 Å². The van der Waals surface area contributed by atoms with Crippen LogP contribution in [0.1, 0.15) is 0 Å². The van der Waals surface area contributed by atoms with E-state index in [1.54, 1.807) is 12.5 Å². The highest BCUT2D eigenvalue weighted by Crippen LogP contribution is 2.21. The Hall–Kier alpha value is -3.00. The summed E-state index contributed by atoms with van der Waals surface area (Å²) in [5, 5.41) is 13.3. The smallest absolute Gasteiger partial charge is 0.231 e. The minimum absolute atomic E-state index is 0.551. The molecule has 8 heteroatoms. The molecule has 3 heterocycles. The topological polar surface area (TPSA) is 94.7 Å². The quantitative estimate of drug-likeness (QED) is 0.668. The number of H-pyrrole nitrogens is 1. The highest BCUT2D eigenvalue weighted by molar-refractivity contribution is 5.66. The summed E-state index contributed by atoms with van der Waals surface area (Å²) in [6.07, 6.45) is 5.22. The number of anilines is 3. The van der Waals surface area contributed by atoms with Gasteiger partial charge in [0.05, 0.1) is 6.20 Å². The summed E-state index contributed by atoms with van der Waals surface area (Å²) in [4.78, 5) is 15.2. The van der Waals surface area contributed by atoms with E-state index in [1.165, 1.54) is 0 Å². The SMILES string of the molecule is c1nc(Nc2ccc(-c3cn[nH]c3)cc2)nc(N2CCNCC2)n1. The number of nitrogens with zero attached hydrogens (tertiary/aromatic N) is 5. The molecule has 0 amide bonds. The van der Waals surface area contributed by atoms with Crippen molar-refractivity contribution in [1.29, 1.82) is 0 Å². The molecular formula is C16H18N8. The van der Waals surface area contributed by atoms with Crippen LogP contribution in [0.25, 0.3) is 11.1 Å². The van der Waals surface area contributed by atoms with Gasteiger partial charge in [-0.1, -0.05) is 12.1 Å². The lowest BCUT2D eigenvalue weighted by atomic mass is 10.1. The fraction of sp³-hybridized carbons (Fsp3) is 0.250. The fourth-order valence-corrected chi connectivity index (χ4v) is 2.65. The molecule has 0 aliphatic carbocycles. The molecule has 1 fully saturated rings. The zero-order valence-electron chi connectivity index (χ0n) is 13.1. The van der Waals surface area contributed by atoms with E-state index in [0.717, 1.165) is 43.0 Å². The summed E-state index contributed by atoms with van der Waals surface area (Å²) < 4.78 is 0. The lowest BCUT2D eigenvalue weighted by molar-refractivity contribution is 0.579. The molecule has 3 aromatic rings. The van der Waals surface area contributed by atoms with E-state index in [4.69, 9.17) is 0 Å². The molecule has 122 valence electrons. The van der Waals surface area contributed by atoms with Crippen molar-refractivity contribution in [3.63, 3.8) is 0 Å². The fourth-order valence-electron chi connectivity index (χ4n) is 2.65. The van der Waals surface area contributed by atoms with Crippen LogP contribution in [0, 0.1) is 0 Å². The van der Waals surface area contributed by atoms with Crippen LogP contribution >= 0.6 is 0 Å². The van der Waals surface area contributed by atoms with E-state index in [-0.39, 0.29) is 0 Å². The first kappa shape index (κ1) is 14.6. The van der Waals surface area contributed by atoms with Crippen LogP contribution < -0.4 is 15.5 Å².